The van der Waals surface area contributed by atoms with Crippen molar-refractivity contribution < 1.29 is 9.90 Å². The molecule has 1 aromatic carbocycles. The average Bonchev–Trinajstić information content (AvgIpc) is 2.39. The number of aliphatic carboxylic acids is 1. The highest BCUT2D eigenvalue weighted by Gasteiger charge is 2.26. The summed E-state index contributed by atoms with van der Waals surface area (Å²) in [5, 5.41) is 13.8. The molecule has 110 valence electrons. The molecule has 0 heterocycles. The van der Waals surface area contributed by atoms with Crippen molar-refractivity contribution in [1.82, 2.24) is 5.32 Å². The first-order valence-corrected chi connectivity index (χ1v) is 7.66. The van der Waals surface area contributed by atoms with Crippen molar-refractivity contribution in [3.63, 3.8) is 0 Å². The van der Waals surface area contributed by atoms with E-state index in [9.17, 15) is 4.79 Å². The Labute approximate surface area is 129 Å². The minimum Gasteiger partial charge on any atom is -0.481 e. The predicted molar refractivity (Wildman–Crippen MR) is 81.4 cm³/mol. The number of nitrogens with one attached hydrogen (secondary N) is 1. The maximum Gasteiger partial charge on any atom is 0.306 e. The van der Waals surface area contributed by atoms with E-state index in [0.29, 0.717) is 16.1 Å². The van der Waals surface area contributed by atoms with Gasteiger partial charge in [0.05, 0.1) is 5.92 Å². The van der Waals surface area contributed by atoms with Crippen LogP contribution < -0.4 is 5.32 Å². The molecule has 1 aromatic rings. The summed E-state index contributed by atoms with van der Waals surface area (Å²) in [5.74, 6) is -0.847. The van der Waals surface area contributed by atoms with E-state index in [0.717, 1.165) is 31.2 Å². The van der Waals surface area contributed by atoms with Gasteiger partial charge < -0.3 is 10.4 Å². The molecular formula is C15H19Cl2NO2. The molecule has 0 aromatic heterocycles. The van der Waals surface area contributed by atoms with Crippen molar-refractivity contribution in [1.29, 1.82) is 0 Å². The largest absolute Gasteiger partial charge is 0.481 e. The molecule has 3 nitrogen and oxygen atoms in total. The average molecular weight is 316 g/mol. The molecule has 1 aliphatic carbocycles. The first-order chi connectivity index (χ1) is 9.47. The van der Waals surface area contributed by atoms with Gasteiger partial charge in [0.25, 0.3) is 0 Å². The van der Waals surface area contributed by atoms with Crippen molar-refractivity contribution in [3.05, 3.63) is 33.8 Å². The highest BCUT2D eigenvalue weighted by Crippen LogP contribution is 2.29. The van der Waals surface area contributed by atoms with E-state index in [-0.39, 0.29) is 12.0 Å². The minimum atomic E-state index is -0.669. The number of rotatable bonds is 4. The van der Waals surface area contributed by atoms with Crippen LogP contribution in [0.2, 0.25) is 10.0 Å². The lowest BCUT2D eigenvalue weighted by molar-refractivity contribution is -0.142. The molecule has 1 aliphatic rings. The molecule has 0 bridgehead atoms. The Balaban J connectivity index is 1.92. The molecule has 0 saturated heterocycles. The summed E-state index contributed by atoms with van der Waals surface area (Å²) in [6.07, 6.45) is 3.28. The van der Waals surface area contributed by atoms with E-state index < -0.39 is 5.97 Å². The second-order valence-electron chi connectivity index (χ2n) is 5.44. The molecule has 2 N–H and O–H groups in total. The van der Waals surface area contributed by atoms with Gasteiger partial charge in [0.2, 0.25) is 0 Å². The van der Waals surface area contributed by atoms with Crippen LogP contribution in [-0.2, 0) is 4.79 Å². The van der Waals surface area contributed by atoms with Crippen LogP contribution in [0.1, 0.15) is 44.2 Å². The maximum atomic E-state index is 10.9. The van der Waals surface area contributed by atoms with Crippen molar-refractivity contribution in [3.8, 4) is 0 Å². The van der Waals surface area contributed by atoms with Gasteiger partial charge in [-0.1, -0.05) is 29.3 Å². The Hall–Kier alpha value is -0.770. The van der Waals surface area contributed by atoms with Gasteiger partial charge in [0.15, 0.2) is 0 Å². The van der Waals surface area contributed by atoms with E-state index in [4.69, 9.17) is 28.3 Å². The lowest BCUT2D eigenvalue weighted by Crippen LogP contribution is -2.36. The number of hydrogen-bond donors (Lipinski definition) is 2. The van der Waals surface area contributed by atoms with E-state index >= 15 is 0 Å². The molecule has 0 unspecified atom stereocenters. The number of carboxylic acids is 1. The van der Waals surface area contributed by atoms with Gasteiger partial charge in [0.1, 0.15) is 0 Å². The zero-order valence-corrected chi connectivity index (χ0v) is 12.9. The monoisotopic (exact) mass is 315 g/mol. The number of carbonyl (C=O) groups is 1. The van der Waals surface area contributed by atoms with Gasteiger partial charge in [0, 0.05) is 22.1 Å². The Bertz CT molecular complexity index is 485. The molecule has 1 atom stereocenters. The fourth-order valence-electron chi connectivity index (χ4n) is 2.80. The smallest absolute Gasteiger partial charge is 0.306 e. The minimum absolute atomic E-state index is 0.131. The summed E-state index contributed by atoms with van der Waals surface area (Å²) in [6, 6.07) is 6.00. The summed E-state index contributed by atoms with van der Waals surface area (Å²) >= 11 is 12.1. The number of benzene rings is 1. The lowest BCUT2D eigenvalue weighted by Gasteiger charge is -2.30. The summed E-state index contributed by atoms with van der Waals surface area (Å²) in [7, 11) is 0. The highest BCUT2D eigenvalue weighted by atomic mass is 35.5. The van der Waals surface area contributed by atoms with Crippen molar-refractivity contribution in [2.45, 2.75) is 44.7 Å². The zero-order chi connectivity index (χ0) is 14.7. The van der Waals surface area contributed by atoms with E-state index in [2.05, 4.69) is 12.2 Å². The number of halogens is 2. The van der Waals surface area contributed by atoms with E-state index in [1.54, 1.807) is 6.07 Å². The maximum absolute atomic E-state index is 10.9. The fraction of sp³-hybridized carbons (Fsp3) is 0.533. The zero-order valence-electron chi connectivity index (χ0n) is 11.4. The van der Waals surface area contributed by atoms with Crippen LogP contribution in [0.25, 0.3) is 0 Å². The summed E-state index contributed by atoms with van der Waals surface area (Å²) in [4.78, 5) is 10.9. The van der Waals surface area contributed by atoms with Gasteiger partial charge >= 0.3 is 5.97 Å². The summed E-state index contributed by atoms with van der Waals surface area (Å²) in [5.41, 5.74) is 1.02. The third kappa shape index (κ3) is 3.87. The quantitative estimate of drug-likeness (QED) is 0.871. The van der Waals surface area contributed by atoms with E-state index in [1.807, 2.05) is 12.1 Å². The molecule has 0 amide bonds. The normalized spacial score (nSPS) is 24.4. The second-order valence-corrected chi connectivity index (χ2v) is 6.28. The van der Waals surface area contributed by atoms with Crippen LogP contribution in [0, 0.1) is 5.92 Å². The van der Waals surface area contributed by atoms with Gasteiger partial charge in [-0.25, -0.2) is 0 Å². The standard InChI is InChI=1S/C15H19Cl2NO2/c1-9(13-7-4-11(16)8-14(13)17)18-12-5-2-10(3-6-12)15(19)20/h4,7-10,12,18H,2-3,5-6H2,1H3,(H,19,20)/t9-,10?,12?/m1/s1. The molecule has 20 heavy (non-hydrogen) atoms. The first-order valence-electron chi connectivity index (χ1n) is 6.91. The Morgan fingerprint density at radius 3 is 2.50 bits per heavy atom. The highest BCUT2D eigenvalue weighted by molar-refractivity contribution is 6.35. The Morgan fingerprint density at radius 1 is 1.30 bits per heavy atom. The van der Waals surface area contributed by atoms with Gasteiger partial charge in [-0.2, -0.15) is 0 Å². The van der Waals surface area contributed by atoms with Gasteiger partial charge in [-0.3, -0.25) is 4.79 Å². The second kappa shape index (κ2) is 6.79. The van der Waals surface area contributed by atoms with Crippen LogP contribution in [0.15, 0.2) is 18.2 Å². The third-order valence-corrected chi connectivity index (χ3v) is 4.55. The topological polar surface area (TPSA) is 49.3 Å². The number of hydrogen-bond acceptors (Lipinski definition) is 2. The molecular weight excluding hydrogens is 297 g/mol. The Morgan fingerprint density at radius 2 is 1.95 bits per heavy atom. The van der Waals surface area contributed by atoms with Crippen LogP contribution >= 0.6 is 23.2 Å². The molecule has 0 aliphatic heterocycles. The SMILES string of the molecule is C[C@@H](NC1CCC(C(=O)O)CC1)c1ccc(Cl)cc1Cl. The summed E-state index contributed by atoms with van der Waals surface area (Å²) < 4.78 is 0. The van der Waals surface area contributed by atoms with Crippen LogP contribution in [0.3, 0.4) is 0 Å². The lowest BCUT2D eigenvalue weighted by atomic mass is 9.85. The fourth-order valence-corrected chi connectivity index (χ4v) is 3.38. The van der Waals surface area contributed by atoms with Crippen LogP contribution in [0.4, 0.5) is 0 Å². The van der Waals surface area contributed by atoms with E-state index in [1.165, 1.54) is 0 Å². The Kier molecular flexibility index (Phi) is 5.30. The van der Waals surface area contributed by atoms with Crippen molar-refractivity contribution >= 4 is 29.2 Å². The molecule has 1 saturated carbocycles. The molecule has 0 radical (unpaired) electrons. The van der Waals surface area contributed by atoms with Gasteiger partial charge in [-0.15, -0.1) is 0 Å². The van der Waals surface area contributed by atoms with Crippen LogP contribution in [0.5, 0.6) is 0 Å². The molecule has 1 fully saturated rings. The molecule has 5 heteroatoms. The first kappa shape index (κ1) is 15.6. The van der Waals surface area contributed by atoms with Crippen LogP contribution in [-0.4, -0.2) is 17.1 Å². The molecule has 0 spiro atoms. The van der Waals surface area contributed by atoms with Gasteiger partial charge in [-0.05, 0) is 50.3 Å². The number of carboxylic acid groups (broad SMARTS) is 1. The van der Waals surface area contributed by atoms with Crippen molar-refractivity contribution in [2.24, 2.45) is 5.92 Å². The molecule has 2 rings (SSSR count). The predicted octanol–water partition coefficient (Wildman–Crippen LogP) is 4.29. The third-order valence-electron chi connectivity index (χ3n) is 3.99. The summed E-state index contributed by atoms with van der Waals surface area (Å²) in [6.45, 7) is 2.07. The van der Waals surface area contributed by atoms with Crippen molar-refractivity contribution in [2.75, 3.05) is 0 Å².